The van der Waals surface area contributed by atoms with Crippen LogP contribution in [0.15, 0.2) is 72.8 Å². The van der Waals surface area contributed by atoms with Crippen LogP contribution in [0.4, 0.5) is 17.6 Å². The molecule has 0 bridgehead atoms. The maximum absolute atomic E-state index is 13.2. The van der Waals surface area contributed by atoms with Gasteiger partial charge in [0, 0.05) is 17.3 Å². The van der Waals surface area contributed by atoms with Gasteiger partial charge in [0.1, 0.15) is 25.6 Å². The first-order valence-electron chi connectivity index (χ1n) is 10.4. The predicted molar refractivity (Wildman–Crippen MR) is 122 cm³/mol. The fourth-order valence-corrected chi connectivity index (χ4v) is 3.38. The molecule has 4 aromatic rings. The van der Waals surface area contributed by atoms with Gasteiger partial charge in [-0.25, -0.2) is 0 Å². The Kier molecular flexibility index (Phi) is 5.50. The van der Waals surface area contributed by atoms with E-state index in [1.165, 1.54) is 0 Å². The number of nitrogens with two attached hydrogens (primary N) is 1. The van der Waals surface area contributed by atoms with E-state index in [4.69, 9.17) is 19.9 Å². The van der Waals surface area contributed by atoms with Crippen LogP contribution < -0.4 is 25.3 Å². The number of fused-ring (bicyclic) bond motifs is 1. The molecule has 0 radical (unpaired) electrons. The van der Waals surface area contributed by atoms with Crippen LogP contribution in [0, 0.1) is 0 Å². The van der Waals surface area contributed by atoms with Crippen molar-refractivity contribution < 1.29 is 19.0 Å². The van der Waals surface area contributed by atoms with Gasteiger partial charge in [-0.15, -0.1) is 5.10 Å². The Bertz CT molecular complexity index is 1290. The van der Waals surface area contributed by atoms with Crippen molar-refractivity contribution in [3.63, 3.8) is 0 Å². The third-order valence-electron chi connectivity index (χ3n) is 4.94. The van der Waals surface area contributed by atoms with Crippen molar-refractivity contribution in [2.75, 3.05) is 24.3 Å². The number of benzene rings is 3. The van der Waals surface area contributed by atoms with Gasteiger partial charge in [0.05, 0.1) is 0 Å². The van der Waals surface area contributed by atoms with Crippen molar-refractivity contribution >= 4 is 23.5 Å². The van der Waals surface area contributed by atoms with E-state index in [2.05, 4.69) is 15.4 Å². The van der Waals surface area contributed by atoms with Gasteiger partial charge in [0.2, 0.25) is 11.9 Å². The van der Waals surface area contributed by atoms with E-state index >= 15 is 0 Å². The van der Waals surface area contributed by atoms with Crippen LogP contribution in [0.5, 0.6) is 17.2 Å². The van der Waals surface area contributed by atoms with E-state index in [9.17, 15) is 4.79 Å². The zero-order chi connectivity index (χ0) is 22.6. The molecule has 0 atom stereocenters. The SMILES string of the molecule is Nc1nc(Nc2ccc3c(c2)OCCO3)n(C(=O)c2cccc(OCc3ccccc3)c2)n1. The summed E-state index contributed by atoms with van der Waals surface area (Å²) < 4.78 is 18.1. The van der Waals surface area contributed by atoms with Gasteiger partial charge in [-0.3, -0.25) is 4.79 Å². The van der Waals surface area contributed by atoms with Gasteiger partial charge in [-0.05, 0) is 35.9 Å². The summed E-state index contributed by atoms with van der Waals surface area (Å²) in [5.74, 6) is 1.60. The van der Waals surface area contributed by atoms with E-state index in [1.807, 2.05) is 30.3 Å². The van der Waals surface area contributed by atoms with Crippen LogP contribution in [-0.4, -0.2) is 33.9 Å². The molecule has 0 aliphatic carbocycles. The summed E-state index contributed by atoms with van der Waals surface area (Å²) in [5, 5.41) is 7.15. The van der Waals surface area contributed by atoms with E-state index in [-0.39, 0.29) is 11.9 Å². The molecule has 1 aromatic heterocycles. The highest BCUT2D eigenvalue weighted by Crippen LogP contribution is 2.33. The quantitative estimate of drug-likeness (QED) is 0.464. The van der Waals surface area contributed by atoms with E-state index in [1.54, 1.807) is 42.5 Å². The summed E-state index contributed by atoms with van der Waals surface area (Å²) in [6, 6.07) is 22.0. The molecule has 9 heteroatoms. The molecule has 33 heavy (non-hydrogen) atoms. The normalized spacial score (nSPS) is 12.2. The molecule has 166 valence electrons. The fourth-order valence-electron chi connectivity index (χ4n) is 3.38. The highest BCUT2D eigenvalue weighted by atomic mass is 16.6. The molecule has 0 amide bonds. The van der Waals surface area contributed by atoms with Crippen molar-refractivity contribution in [3.05, 3.63) is 83.9 Å². The summed E-state index contributed by atoms with van der Waals surface area (Å²) in [4.78, 5) is 17.4. The van der Waals surface area contributed by atoms with Crippen LogP contribution >= 0.6 is 0 Å². The second kappa shape index (κ2) is 8.91. The molecule has 0 spiro atoms. The predicted octanol–water partition coefficient (Wildman–Crippen LogP) is 3.64. The topological polar surface area (TPSA) is 114 Å². The lowest BCUT2D eigenvalue weighted by Crippen LogP contribution is -2.17. The Morgan fingerprint density at radius 2 is 1.82 bits per heavy atom. The first-order chi connectivity index (χ1) is 16.2. The first-order valence-corrected chi connectivity index (χ1v) is 10.4. The summed E-state index contributed by atoms with van der Waals surface area (Å²) in [7, 11) is 0. The number of hydrogen-bond donors (Lipinski definition) is 2. The largest absolute Gasteiger partial charge is 0.489 e. The Labute approximate surface area is 189 Å². The van der Waals surface area contributed by atoms with Gasteiger partial charge >= 0.3 is 0 Å². The minimum atomic E-state index is -0.399. The molecule has 1 aliphatic heterocycles. The molecule has 0 saturated heterocycles. The van der Waals surface area contributed by atoms with Gasteiger partial charge in [0.25, 0.3) is 5.91 Å². The van der Waals surface area contributed by atoms with Crippen molar-refractivity contribution in [1.29, 1.82) is 0 Å². The lowest BCUT2D eigenvalue weighted by molar-refractivity contribution is 0.0947. The minimum absolute atomic E-state index is 0.0279. The van der Waals surface area contributed by atoms with Crippen LogP contribution in [0.2, 0.25) is 0 Å². The Hall–Kier alpha value is -4.53. The molecule has 0 saturated carbocycles. The number of hydrogen-bond acceptors (Lipinski definition) is 8. The smallest absolute Gasteiger partial charge is 0.281 e. The second-order valence-electron chi connectivity index (χ2n) is 7.30. The van der Waals surface area contributed by atoms with Crippen molar-refractivity contribution in [1.82, 2.24) is 14.8 Å². The van der Waals surface area contributed by atoms with Crippen LogP contribution in [0.1, 0.15) is 15.9 Å². The minimum Gasteiger partial charge on any atom is -0.489 e. The number of nitrogens with one attached hydrogen (secondary N) is 1. The monoisotopic (exact) mass is 443 g/mol. The summed E-state index contributed by atoms with van der Waals surface area (Å²) in [6.07, 6.45) is 0. The zero-order valence-corrected chi connectivity index (χ0v) is 17.6. The number of nitrogen functional groups attached to an aromatic ring is 1. The third-order valence-corrected chi connectivity index (χ3v) is 4.94. The average Bonchev–Trinajstić information content (AvgIpc) is 3.22. The Morgan fingerprint density at radius 3 is 2.67 bits per heavy atom. The maximum Gasteiger partial charge on any atom is 0.281 e. The molecule has 5 rings (SSSR count). The molecule has 1 aliphatic rings. The van der Waals surface area contributed by atoms with Crippen molar-refractivity contribution in [2.45, 2.75) is 6.61 Å². The van der Waals surface area contributed by atoms with E-state index in [0.717, 1.165) is 10.2 Å². The van der Waals surface area contributed by atoms with Crippen molar-refractivity contribution in [3.8, 4) is 17.2 Å². The van der Waals surface area contributed by atoms with Crippen LogP contribution in [-0.2, 0) is 6.61 Å². The molecule has 0 fully saturated rings. The van der Waals surface area contributed by atoms with Crippen molar-refractivity contribution in [2.24, 2.45) is 0 Å². The number of rotatable bonds is 6. The third kappa shape index (κ3) is 4.57. The van der Waals surface area contributed by atoms with Gasteiger partial charge in [-0.1, -0.05) is 36.4 Å². The van der Waals surface area contributed by atoms with E-state index in [0.29, 0.717) is 48.3 Å². The van der Waals surface area contributed by atoms with Crippen LogP contribution in [0.3, 0.4) is 0 Å². The number of aromatic nitrogens is 3. The molecule has 3 N–H and O–H groups in total. The molecule has 0 unspecified atom stereocenters. The summed E-state index contributed by atoms with van der Waals surface area (Å²) in [5.41, 5.74) is 7.87. The molecular weight excluding hydrogens is 422 g/mol. The number of ether oxygens (including phenoxy) is 3. The Morgan fingerprint density at radius 1 is 1.00 bits per heavy atom. The van der Waals surface area contributed by atoms with E-state index < -0.39 is 5.91 Å². The van der Waals surface area contributed by atoms with Gasteiger partial charge in [-0.2, -0.15) is 9.67 Å². The number of anilines is 3. The number of carbonyl (C=O) groups is 1. The highest BCUT2D eigenvalue weighted by Gasteiger charge is 2.19. The lowest BCUT2D eigenvalue weighted by Gasteiger charge is -2.19. The molecule has 2 heterocycles. The standard InChI is InChI=1S/C24H21N5O4/c25-23-27-24(26-18-9-10-20-21(14-18)32-12-11-31-20)29(28-23)22(30)17-7-4-8-19(13-17)33-15-16-5-2-1-3-6-16/h1-10,13-14H,11-12,15H2,(H3,25,26,27,28). The van der Waals surface area contributed by atoms with Gasteiger partial charge < -0.3 is 25.3 Å². The number of carbonyl (C=O) groups excluding carboxylic acids is 1. The lowest BCUT2D eigenvalue weighted by atomic mass is 10.2. The zero-order valence-electron chi connectivity index (χ0n) is 17.6. The summed E-state index contributed by atoms with van der Waals surface area (Å²) >= 11 is 0. The Balaban J connectivity index is 1.35. The highest BCUT2D eigenvalue weighted by molar-refractivity contribution is 5.97. The molecule has 3 aromatic carbocycles. The number of nitrogens with zero attached hydrogens (tertiary/aromatic N) is 3. The van der Waals surface area contributed by atoms with Crippen LogP contribution in [0.25, 0.3) is 0 Å². The maximum atomic E-state index is 13.2. The average molecular weight is 443 g/mol. The first kappa shape index (κ1) is 20.4. The fraction of sp³-hybridized carbons (Fsp3) is 0.125. The molecule has 9 nitrogen and oxygen atoms in total. The molecular formula is C24H21N5O4. The summed E-state index contributed by atoms with van der Waals surface area (Å²) in [6.45, 7) is 1.37. The second-order valence-corrected chi connectivity index (χ2v) is 7.30. The van der Waals surface area contributed by atoms with Gasteiger partial charge in [0.15, 0.2) is 11.5 Å².